The van der Waals surface area contributed by atoms with Gasteiger partial charge in [0.25, 0.3) is 0 Å². The number of anilines is 1. The minimum atomic E-state index is 0.955. The molecule has 0 bridgehead atoms. The topological polar surface area (TPSA) is 27.8 Å². The van der Waals surface area contributed by atoms with Gasteiger partial charge >= 0.3 is 0 Å². The number of H-pyrrole nitrogens is 1. The normalized spacial score (nSPS) is 10.7. The van der Waals surface area contributed by atoms with Gasteiger partial charge in [-0.1, -0.05) is 36.4 Å². The number of aromatic amines is 1. The van der Waals surface area contributed by atoms with E-state index >= 15 is 0 Å². The van der Waals surface area contributed by atoms with Gasteiger partial charge in [-0.2, -0.15) is 0 Å². The maximum atomic E-state index is 3.46. The van der Waals surface area contributed by atoms with Crippen molar-refractivity contribution in [2.45, 2.75) is 6.42 Å². The second-order valence-corrected chi connectivity index (χ2v) is 4.44. The predicted molar refractivity (Wildman–Crippen MR) is 76.9 cm³/mol. The van der Waals surface area contributed by atoms with Gasteiger partial charge in [0.15, 0.2) is 0 Å². The summed E-state index contributed by atoms with van der Waals surface area (Å²) >= 11 is 0. The van der Waals surface area contributed by atoms with Crippen LogP contribution in [-0.4, -0.2) is 11.5 Å². The first-order valence-electron chi connectivity index (χ1n) is 6.27. The third kappa shape index (κ3) is 2.38. The zero-order chi connectivity index (χ0) is 12.2. The van der Waals surface area contributed by atoms with Crippen molar-refractivity contribution in [1.82, 2.24) is 4.98 Å². The summed E-state index contributed by atoms with van der Waals surface area (Å²) < 4.78 is 0. The first-order valence-corrected chi connectivity index (χ1v) is 6.27. The number of nitrogens with one attached hydrogen (secondary N) is 2. The molecule has 2 aromatic carbocycles. The van der Waals surface area contributed by atoms with E-state index < -0.39 is 0 Å². The number of rotatable bonds is 4. The molecule has 0 aliphatic heterocycles. The largest absolute Gasteiger partial charge is 0.385 e. The van der Waals surface area contributed by atoms with E-state index in [0.29, 0.717) is 0 Å². The summed E-state index contributed by atoms with van der Waals surface area (Å²) in [6, 6.07) is 19.0. The maximum Gasteiger partial charge on any atom is 0.0474 e. The molecule has 2 N–H and O–H groups in total. The molecule has 3 rings (SSSR count). The highest BCUT2D eigenvalue weighted by Crippen LogP contribution is 2.17. The van der Waals surface area contributed by atoms with E-state index in [0.717, 1.165) is 13.0 Å². The monoisotopic (exact) mass is 236 g/mol. The van der Waals surface area contributed by atoms with Gasteiger partial charge in [-0.3, -0.25) is 0 Å². The Bertz CT molecular complexity index is 626. The first kappa shape index (κ1) is 10.9. The van der Waals surface area contributed by atoms with Gasteiger partial charge < -0.3 is 10.3 Å². The molecule has 90 valence electrons. The van der Waals surface area contributed by atoms with E-state index in [1.54, 1.807) is 0 Å². The molecule has 0 saturated heterocycles. The summed E-state index contributed by atoms with van der Waals surface area (Å²) in [6.45, 7) is 0.955. The molecule has 0 aliphatic rings. The summed E-state index contributed by atoms with van der Waals surface area (Å²) in [5, 5.41) is 4.71. The lowest BCUT2D eigenvalue weighted by molar-refractivity contribution is 1.02. The van der Waals surface area contributed by atoms with Crippen molar-refractivity contribution >= 4 is 16.6 Å². The van der Waals surface area contributed by atoms with Gasteiger partial charge in [0.1, 0.15) is 0 Å². The minimum absolute atomic E-state index is 0.955. The van der Waals surface area contributed by atoms with Crippen LogP contribution in [0.15, 0.2) is 60.8 Å². The van der Waals surface area contributed by atoms with Crippen molar-refractivity contribution in [3.05, 3.63) is 66.4 Å². The fourth-order valence-electron chi connectivity index (χ4n) is 2.15. The Morgan fingerprint density at radius 3 is 2.72 bits per heavy atom. The zero-order valence-electron chi connectivity index (χ0n) is 10.2. The molecule has 0 fully saturated rings. The first-order chi connectivity index (χ1) is 8.92. The van der Waals surface area contributed by atoms with E-state index in [9.17, 15) is 0 Å². The Morgan fingerprint density at radius 2 is 1.83 bits per heavy atom. The average molecular weight is 236 g/mol. The highest BCUT2D eigenvalue weighted by molar-refractivity contribution is 5.82. The van der Waals surface area contributed by atoms with Gasteiger partial charge in [-0.25, -0.2) is 0 Å². The van der Waals surface area contributed by atoms with E-state index in [2.05, 4.69) is 64.9 Å². The van der Waals surface area contributed by atoms with Crippen molar-refractivity contribution in [2.24, 2.45) is 0 Å². The molecule has 0 spiro atoms. The number of hydrogen-bond acceptors (Lipinski definition) is 1. The summed E-state index contributed by atoms with van der Waals surface area (Å²) in [7, 11) is 0. The second-order valence-electron chi connectivity index (χ2n) is 4.44. The molecule has 3 aromatic rings. The average Bonchev–Trinajstić information content (AvgIpc) is 2.87. The number of fused-ring (bicyclic) bond motifs is 1. The lowest BCUT2D eigenvalue weighted by Gasteiger charge is -2.06. The molecule has 1 aromatic heterocycles. The summed E-state index contributed by atoms with van der Waals surface area (Å²) in [5.41, 5.74) is 3.71. The van der Waals surface area contributed by atoms with Crippen LogP contribution >= 0.6 is 0 Å². The molecule has 0 aliphatic carbocycles. The Balaban J connectivity index is 1.62. The van der Waals surface area contributed by atoms with E-state index in [1.165, 1.54) is 22.2 Å². The Labute approximate surface area is 107 Å². The minimum Gasteiger partial charge on any atom is -0.385 e. The van der Waals surface area contributed by atoms with Gasteiger partial charge in [0.05, 0.1) is 0 Å². The Morgan fingerprint density at radius 1 is 0.944 bits per heavy atom. The molecule has 0 unspecified atom stereocenters. The second kappa shape index (κ2) is 4.96. The molecular formula is C16H16N2. The van der Waals surface area contributed by atoms with Crippen LogP contribution in [0.25, 0.3) is 10.9 Å². The van der Waals surface area contributed by atoms with E-state index in [-0.39, 0.29) is 0 Å². The third-order valence-corrected chi connectivity index (χ3v) is 3.14. The van der Waals surface area contributed by atoms with Gasteiger partial charge in [-0.15, -0.1) is 0 Å². The Hall–Kier alpha value is -2.22. The van der Waals surface area contributed by atoms with Crippen molar-refractivity contribution in [3.8, 4) is 0 Å². The lowest BCUT2D eigenvalue weighted by atomic mass is 10.1. The maximum absolute atomic E-state index is 3.46. The molecule has 0 amide bonds. The molecular weight excluding hydrogens is 220 g/mol. The molecule has 2 heteroatoms. The molecule has 0 saturated carbocycles. The van der Waals surface area contributed by atoms with Crippen molar-refractivity contribution in [3.63, 3.8) is 0 Å². The van der Waals surface area contributed by atoms with Gasteiger partial charge in [-0.05, 0) is 35.6 Å². The number of hydrogen-bond donors (Lipinski definition) is 2. The zero-order valence-corrected chi connectivity index (χ0v) is 10.2. The quantitative estimate of drug-likeness (QED) is 0.708. The summed E-state index contributed by atoms with van der Waals surface area (Å²) in [6.07, 6.45) is 3.02. The molecule has 0 atom stereocenters. The fraction of sp³-hybridized carbons (Fsp3) is 0.125. The van der Waals surface area contributed by atoms with Crippen LogP contribution in [-0.2, 0) is 6.42 Å². The SMILES string of the molecule is c1ccc(CCNc2ccc3cc[nH]c3c2)cc1. The highest BCUT2D eigenvalue weighted by Gasteiger charge is 1.97. The van der Waals surface area contributed by atoms with E-state index in [1.807, 2.05) is 6.20 Å². The number of aromatic nitrogens is 1. The van der Waals surface area contributed by atoms with Gasteiger partial charge in [0.2, 0.25) is 0 Å². The van der Waals surface area contributed by atoms with Crippen LogP contribution in [0.3, 0.4) is 0 Å². The van der Waals surface area contributed by atoms with Crippen molar-refractivity contribution < 1.29 is 0 Å². The molecule has 2 nitrogen and oxygen atoms in total. The fourth-order valence-corrected chi connectivity index (χ4v) is 2.15. The third-order valence-electron chi connectivity index (χ3n) is 3.14. The van der Waals surface area contributed by atoms with Crippen molar-refractivity contribution in [1.29, 1.82) is 0 Å². The van der Waals surface area contributed by atoms with Crippen LogP contribution in [0.2, 0.25) is 0 Å². The van der Waals surface area contributed by atoms with E-state index in [4.69, 9.17) is 0 Å². The van der Waals surface area contributed by atoms with Crippen LogP contribution in [0.1, 0.15) is 5.56 Å². The predicted octanol–water partition coefficient (Wildman–Crippen LogP) is 3.82. The van der Waals surface area contributed by atoms with Crippen LogP contribution in [0.5, 0.6) is 0 Å². The molecule has 0 radical (unpaired) electrons. The summed E-state index contributed by atoms with van der Waals surface area (Å²) in [5.74, 6) is 0. The van der Waals surface area contributed by atoms with Gasteiger partial charge in [0, 0.05) is 23.9 Å². The summed E-state index contributed by atoms with van der Waals surface area (Å²) in [4.78, 5) is 3.23. The molecule has 1 heterocycles. The standard InChI is InChI=1S/C16H16N2/c1-2-4-13(5-3-1)8-10-17-15-7-6-14-9-11-18-16(14)12-15/h1-7,9,11-12,17-18H,8,10H2. The molecule has 18 heavy (non-hydrogen) atoms. The van der Waals surface area contributed by atoms with Crippen LogP contribution in [0.4, 0.5) is 5.69 Å². The van der Waals surface area contributed by atoms with Crippen molar-refractivity contribution in [2.75, 3.05) is 11.9 Å². The highest BCUT2D eigenvalue weighted by atomic mass is 14.9. The smallest absolute Gasteiger partial charge is 0.0474 e. The van der Waals surface area contributed by atoms with Crippen LogP contribution < -0.4 is 5.32 Å². The Kier molecular flexibility index (Phi) is 3.01. The number of benzene rings is 2. The van der Waals surface area contributed by atoms with Crippen LogP contribution in [0, 0.1) is 0 Å². The lowest BCUT2D eigenvalue weighted by Crippen LogP contribution is -2.04.